The van der Waals surface area contributed by atoms with E-state index in [0.29, 0.717) is 0 Å². The van der Waals surface area contributed by atoms with Gasteiger partial charge in [0, 0.05) is 0 Å². The van der Waals surface area contributed by atoms with Crippen molar-refractivity contribution in [3.05, 3.63) is 0 Å². The molecule has 0 spiro atoms. The summed E-state index contributed by atoms with van der Waals surface area (Å²) >= 11 is 0. The van der Waals surface area contributed by atoms with Crippen molar-refractivity contribution in [2.45, 2.75) is 40.5 Å². The minimum Gasteiger partial charge on any atom is -0.0625 e. The first kappa shape index (κ1) is 8.59. The fourth-order valence-electron chi connectivity index (χ4n) is 3.47. The van der Waals surface area contributed by atoms with E-state index in [1.807, 2.05) is 0 Å². The Morgan fingerprint density at radius 1 is 0.833 bits per heavy atom. The first-order chi connectivity index (χ1) is 5.61. The molecule has 0 aromatic carbocycles. The molecule has 0 aliphatic heterocycles. The molecule has 0 bridgehead atoms. The van der Waals surface area contributed by atoms with Gasteiger partial charge in [0.25, 0.3) is 0 Å². The van der Waals surface area contributed by atoms with Crippen LogP contribution >= 0.6 is 0 Å². The third-order valence-corrected chi connectivity index (χ3v) is 4.26. The van der Waals surface area contributed by atoms with Gasteiger partial charge in [-0.1, -0.05) is 27.7 Å². The number of hydrogen-bond acceptors (Lipinski definition) is 0. The molecule has 2 unspecified atom stereocenters. The molecule has 0 N–H and O–H groups in total. The zero-order valence-electron chi connectivity index (χ0n) is 8.88. The Kier molecular flexibility index (Phi) is 1.97. The molecule has 0 saturated heterocycles. The molecule has 0 radical (unpaired) electrons. The fraction of sp³-hybridized carbons (Fsp3) is 1.00. The van der Waals surface area contributed by atoms with Gasteiger partial charge in [0.2, 0.25) is 0 Å². The molecule has 0 heterocycles. The van der Waals surface area contributed by atoms with Crippen molar-refractivity contribution in [1.29, 1.82) is 0 Å². The van der Waals surface area contributed by atoms with Gasteiger partial charge in [-0.25, -0.2) is 0 Å². The molecule has 2 fully saturated rings. The molecule has 2 aliphatic rings. The highest BCUT2D eigenvalue weighted by Crippen LogP contribution is 2.63. The lowest BCUT2D eigenvalue weighted by atomic mass is 9.87. The molecule has 2 rings (SSSR count). The highest BCUT2D eigenvalue weighted by molar-refractivity contribution is 5.05. The summed E-state index contributed by atoms with van der Waals surface area (Å²) in [6.07, 6.45) is 3.09. The summed E-state index contributed by atoms with van der Waals surface area (Å²) in [5, 5.41) is 0. The molecule has 2 saturated carbocycles. The number of hydrogen-bond donors (Lipinski definition) is 0. The summed E-state index contributed by atoms with van der Waals surface area (Å²) < 4.78 is 0. The van der Waals surface area contributed by atoms with Crippen molar-refractivity contribution in [1.82, 2.24) is 0 Å². The third kappa shape index (κ3) is 1.20. The predicted molar refractivity (Wildman–Crippen MR) is 52.9 cm³/mol. The second-order valence-corrected chi connectivity index (χ2v) is 5.62. The third-order valence-electron chi connectivity index (χ3n) is 4.26. The predicted octanol–water partition coefficient (Wildman–Crippen LogP) is 3.57. The van der Waals surface area contributed by atoms with Gasteiger partial charge in [-0.3, -0.25) is 0 Å². The molecule has 0 nitrogen and oxygen atoms in total. The standard InChI is InChI=1S/C12H22/c1-7(2)9-5-10-11(6-9)12(10)8(3)4/h7-12H,5-6H2,1-4H3. The van der Waals surface area contributed by atoms with Crippen LogP contribution in [0, 0.1) is 35.5 Å². The monoisotopic (exact) mass is 166 g/mol. The zero-order valence-corrected chi connectivity index (χ0v) is 8.88. The van der Waals surface area contributed by atoms with Crippen molar-refractivity contribution < 1.29 is 0 Å². The molecule has 70 valence electrons. The molecular formula is C12H22. The highest BCUT2D eigenvalue weighted by Gasteiger charge is 2.56. The van der Waals surface area contributed by atoms with Crippen molar-refractivity contribution in [2.24, 2.45) is 35.5 Å². The Morgan fingerprint density at radius 2 is 1.33 bits per heavy atom. The zero-order chi connectivity index (χ0) is 8.88. The molecule has 0 aromatic heterocycles. The second-order valence-electron chi connectivity index (χ2n) is 5.62. The van der Waals surface area contributed by atoms with Crippen LogP contribution in [0.25, 0.3) is 0 Å². The summed E-state index contributed by atoms with van der Waals surface area (Å²) in [7, 11) is 0. The van der Waals surface area contributed by atoms with Crippen molar-refractivity contribution in [2.75, 3.05) is 0 Å². The van der Waals surface area contributed by atoms with Crippen LogP contribution in [0.4, 0.5) is 0 Å². The van der Waals surface area contributed by atoms with E-state index in [9.17, 15) is 0 Å². The normalized spacial score (nSPS) is 45.5. The van der Waals surface area contributed by atoms with Gasteiger partial charge in [-0.05, 0) is 48.3 Å². The molecule has 12 heavy (non-hydrogen) atoms. The molecular weight excluding hydrogens is 144 g/mol. The average Bonchev–Trinajstić information content (AvgIpc) is 2.48. The Morgan fingerprint density at radius 3 is 1.67 bits per heavy atom. The lowest BCUT2D eigenvalue weighted by molar-refractivity contribution is 0.315. The van der Waals surface area contributed by atoms with Crippen molar-refractivity contribution in [3.8, 4) is 0 Å². The van der Waals surface area contributed by atoms with Gasteiger partial charge in [-0.2, -0.15) is 0 Å². The van der Waals surface area contributed by atoms with Crippen LogP contribution in [0.5, 0.6) is 0 Å². The van der Waals surface area contributed by atoms with Crippen LogP contribution in [0.3, 0.4) is 0 Å². The van der Waals surface area contributed by atoms with E-state index in [0.717, 1.165) is 35.5 Å². The lowest BCUT2D eigenvalue weighted by Crippen LogP contribution is -2.10. The first-order valence-electron chi connectivity index (χ1n) is 5.61. The van der Waals surface area contributed by atoms with Crippen LogP contribution in [0.2, 0.25) is 0 Å². The van der Waals surface area contributed by atoms with Crippen LogP contribution in [0.1, 0.15) is 40.5 Å². The Hall–Kier alpha value is 0. The van der Waals surface area contributed by atoms with E-state index in [2.05, 4.69) is 27.7 Å². The molecule has 0 heteroatoms. The maximum Gasteiger partial charge on any atom is -0.0329 e. The summed E-state index contributed by atoms with van der Waals surface area (Å²) in [6.45, 7) is 9.57. The number of rotatable bonds is 2. The molecule has 2 aliphatic carbocycles. The molecule has 0 aromatic rings. The van der Waals surface area contributed by atoms with Gasteiger partial charge in [0.1, 0.15) is 0 Å². The van der Waals surface area contributed by atoms with E-state index >= 15 is 0 Å². The largest absolute Gasteiger partial charge is 0.0625 e. The fourth-order valence-corrected chi connectivity index (χ4v) is 3.47. The smallest absolute Gasteiger partial charge is 0.0329 e. The maximum absolute atomic E-state index is 2.40. The minimum absolute atomic E-state index is 0.936. The SMILES string of the molecule is CC(C)C1CC2C(C1)C2C(C)C. The van der Waals surface area contributed by atoms with Crippen LogP contribution in [-0.2, 0) is 0 Å². The van der Waals surface area contributed by atoms with Gasteiger partial charge in [0.15, 0.2) is 0 Å². The van der Waals surface area contributed by atoms with E-state index in [1.54, 1.807) is 12.8 Å². The lowest BCUT2D eigenvalue weighted by Gasteiger charge is -2.18. The first-order valence-corrected chi connectivity index (χ1v) is 5.61. The van der Waals surface area contributed by atoms with Gasteiger partial charge >= 0.3 is 0 Å². The van der Waals surface area contributed by atoms with E-state index in [1.165, 1.54) is 0 Å². The van der Waals surface area contributed by atoms with Crippen LogP contribution in [-0.4, -0.2) is 0 Å². The van der Waals surface area contributed by atoms with E-state index in [4.69, 9.17) is 0 Å². The maximum atomic E-state index is 2.40. The summed E-state index contributed by atoms with van der Waals surface area (Å²) in [4.78, 5) is 0. The number of fused-ring (bicyclic) bond motifs is 1. The quantitative estimate of drug-likeness (QED) is 0.588. The van der Waals surface area contributed by atoms with E-state index < -0.39 is 0 Å². The second kappa shape index (κ2) is 2.75. The summed E-state index contributed by atoms with van der Waals surface area (Å²) in [6, 6.07) is 0. The summed E-state index contributed by atoms with van der Waals surface area (Å²) in [5.41, 5.74) is 0. The Labute approximate surface area is 76.7 Å². The molecule has 0 amide bonds. The summed E-state index contributed by atoms with van der Waals surface area (Å²) in [5.74, 6) is 6.34. The highest BCUT2D eigenvalue weighted by atomic mass is 14.6. The van der Waals surface area contributed by atoms with Crippen LogP contribution < -0.4 is 0 Å². The van der Waals surface area contributed by atoms with Gasteiger partial charge < -0.3 is 0 Å². The van der Waals surface area contributed by atoms with Gasteiger partial charge in [0.05, 0.1) is 0 Å². The molecule has 2 atom stereocenters. The van der Waals surface area contributed by atoms with Gasteiger partial charge in [-0.15, -0.1) is 0 Å². The van der Waals surface area contributed by atoms with Crippen molar-refractivity contribution >= 4 is 0 Å². The van der Waals surface area contributed by atoms with Crippen molar-refractivity contribution in [3.63, 3.8) is 0 Å². The Balaban J connectivity index is 1.86. The minimum atomic E-state index is 0.936. The van der Waals surface area contributed by atoms with Crippen LogP contribution in [0.15, 0.2) is 0 Å². The topological polar surface area (TPSA) is 0 Å². The van der Waals surface area contributed by atoms with E-state index in [-0.39, 0.29) is 0 Å². The average molecular weight is 166 g/mol. The Bertz CT molecular complexity index is 151.